The van der Waals surface area contributed by atoms with Crippen molar-refractivity contribution >= 4 is 39.2 Å². The van der Waals surface area contributed by atoms with Gasteiger partial charge >= 0.3 is 0 Å². The van der Waals surface area contributed by atoms with Crippen LogP contribution in [0.4, 0.5) is 0 Å². The third-order valence-electron chi connectivity index (χ3n) is 6.91. The smallest absolute Gasteiger partial charge is 0.0990 e. The van der Waals surface area contributed by atoms with E-state index in [1.54, 1.807) is 16.5 Å². The van der Waals surface area contributed by atoms with Gasteiger partial charge in [-0.3, -0.25) is 0 Å². The second-order valence-electron chi connectivity index (χ2n) is 7.80. The van der Waals surface area contributed by atoms with E-state index in [9.17, 15) is 0 Å². The van der Waals surface area contributed by atoms with E-state index in [4.69, 9.17) is 0 Å². The first-order valence-corrected chi connectivity index (χ1v) is 9.06. The first-order chi connectivity index (χ1) is 12.3. The highest BCUT2D eigenvalue weighted by atomic mass is 14.7. The Balaban J connectivity index is 1.50. The van der Waals surface area contributed by atoms with E-state index in [1.165, 1.54) is 32.7 Å². The van der Waals surface area contributed by atoms with Crippen LogP contribution in [0.2, 0.25) is 0 Å². The van der Waals surface area contributed by atoms with Crippen molar-refractivity contribution in [2.24, 2.45) is 0 Å². The first-order valence-electron chi connectivity index (χ1n) is 9.06. The monoisotopic (exact) mass is 314 g/mol. The van der Waals surface area contributed by atoms with Crippen LogP contribution in [0.5, 0.6) is 0 Å². The number of rotatable bonds is 1. The Bertz CT molecular complexity index is 1280. The molecule has 0 radical (unpaired) electrons. The minimum atomic E-state index is 0.183. The van der Waals surface area contributed by atoms with Crippen LogP contribution in [0.3, 0.4) is 0 Å². The van der Waals surface area contributed by atoms with Gasteiger partial charge < -0.3 is 0 Å². The molecule has 2 aliphatic carbocycles. The second-order valence-corrected chi connectivity index (χ2v) is 7.80. The summed E-state index contributed by atoms with van der Waals surface area (Å²) in [5.74, 6) is 0.572. The van der Waals surface area contributed by atoms with Gasteiger partial charge in [0.1, 0.15) is 0 Å². The molecule has 7 rings (SSSR count). The molecular formula is C24H15B. The molecule has 1 heteroatoms. The van der Waals surface area contributed by atoms with E-state index in [0.717, 1.165) is 0 Å². The van der Waals surface area contributed by atoms with Crippen molar-refractivity contribution < 1.29 is 0 Å². The van der Waals surface area contributed by atoms with Gasteiger partial charge in [-0.1, -0.05) is 95.9 Å². The SMILES string of the molecule is C=C1C2c3ccc4ccccc4c3C12B1c2ccc3ccccc3c21. The number of benzene rings is 4. The van der Waals surface area contributed by atoms with E-state index in [1.807, 2.05) is 0 Å². The van der Waals surface area contributed by atoms with E-state index in [2.05, 4.69) is 79.4 Å². The van der Waals surface area contributed by atoms with E-state index in [0.29, 0.717) is 12.6 Å². The molecule has 0 nitrogen and oxygen atoms in total. The van der Waals surface area contributed by atoms with Crippen molar-refractivity contribution in [2.75, 3.05) is 0 Å². The maximum Gasteiger partial charge on any atom is 0.224 e. The van der Waals surface area contributed by atoms with Crippen molar-refractivity contribution in [3.05, 3.63) is 96.1 Å². The van der Waals surface area contributed by atoms with Gasteiger partial charge in [0, 0.05) is 11.2 Å². The molecule has 3 aliphatic rings. The summed E-state index contributed by atoms with van der Waals surface area (Å²) in [5, 5.41) is 5.76. The molecule has 0 spiro atoms. The van der Waals surface area contributed by atoms with Crippen molar-refractivity contribution in [1.29, 1.82) is 0 Å². The largest absolute Gasteiger partial charge is 0.224 e. The van der Waals surface area contributed by atoms with Crippen LogP contribution in [0, 0.1) is 0 Å². The summed E-state index contributed by atoms with van der Waals surface area (Å²) < 4.78 is 0. The minimum absolute atomic E-state index is 0.183. The zero-order valence-corrected chi connectivity index (χ0v) is 13.8. The van der Waals surface area contributed by atoms with Gasteiger partial charge in [0.05, 0.1) is 0 Å². The first kappa shape index (κ1) is 12.6. The fourth-order valence-electron chi connectivity index (χ4n) is 5.83. The summed E-state index contributed by atoms with van der Waals surface area (Å²) in [4.78, 5) is 0. The van der Waals surface area contributed by atoms with Crippen LogP contribution in [-0.2, 0) is 5.31 Å². The van der Waals surface area contributed by atoms with Crippen molar-refractivity contribution in [1.82, 2.24) is 0 Å². The second kappa shape index (κ2) is 3.73. The zero-order chi connectivity index (χ0) is 16.3. The number of hydrogen-bond donors (Lipinski definition) is 0. The quantitative estimate of drug-likeness (QED) is 0.367. The lowest BCUT2D eigenvalue weighted by Gasteiger charge is -2.30. The minimum Gasteiger partial charge on any atom is -0.0990 e. The summed E-state index contributed by atoms with van der Waals surface area (Å²) in [6.45, 7) is 5.05. The average molecular weight is 314 g/mol. The Morgan fingerprint density at radius 1 is 0.760 bits per heavy atom. The fraction of sp³-hybridized carbons (Fsp3) is 0.0833. The van der Waals surface area contributed by atoms with E-state index >= 15 is 0 Å². The number of hydrogen-bond acceptors (Lipinski definition) is 0. The topological polar surface area (TPSA) is 0 Å². The van der Waals surface area contributed by atoms with Crippen LogP contribution in [-0.4, -0.2) is 6.71 Å². The van der Waals surface area contributed by atoms with E-state index < -0.39 is 0 Å². The lowest BCUT2D eigenvalue weighted by Crippen LogP contribution is -2.36. The van der Waals surface area contributed by atoms with Gasteiger partial charge in [0.2, 0.25) is 6.71 Å². The Kier molecular flexibility index (Phi) is 1.87. The maximum absolute atomic E-state index is 4.51. The highest BCUT2D eigenvalue weighted by Crippen LogP contribution is 2.77. The molecule has 4 aromatic carbocycles. The van der Waals surface area contributed by atoms with Crippen LogP contribution >= 0.6 is 0 Å². The molecule has 2 unspecified atom stereocenters. The molecule has 1 aliphatic heterocycles. The van der Waals surface area contributed by atoms with Gasteiger partial charge in [-0.25, -0.2) is 0 Å². The van der Waals surface area contributed by atoms with Crippen molar-refractivity contribution in [3.63, 3.8) is 0 Å². The summed E-state index contributed by atoms with van der Waals surface area (Å²) in [6.07, 6.45) is 0. The lowest BCUT2D eigenvalue weighted by atomic mass is 9.41. The molecular weight excluding hydrogens is 299 g/mol. The van der Waals surface area contributed by atoms with Gasteiger partial charge in [-0.05, 0) is 32.7 Å². The Morgan fingerprint density at radius 2 is 1.44 bits per heavy atom. The van der Waals surface area contributed by atoms with Crippen LogP contribution in [0.25, 0.3) is 21.5 Å². The Morgan fingerprint density at radius 3 is 2.28 bits per heavy atom. The summed E-state index contributed by atoms with van der Waals surface area (Å²) in [7, 11) is 0. The highest BCUT2D eigenvalue weighted by Gasteiger charge is 2.77. The van der Waals surface area contributed by atoms with Gasteiger partial charge in [0.15, 0.2) is 0 Å². The van der Waals surface area contributed by atoms with Crippen LogP contribution in [0.1, 0.15) is 17.0 Å². The van der Waals surface area contributed by atoms with Crippen LogP contribution < -0.4 is 10.9 Å². The molecule has 2 atom stereocenters. The molecule has 0 amide bonds. The molecule has 0 N–H and O–H groups in total. The zero-order valence-electron chi connectivity index (χ0n) is 13.8. The predicted octanol–water partition coefficient (Wildman–Crippen LogP) is 4.06. The lowest BCUT2D eigenvalue weighted by molar-refractivity contribution is 0.831. The molecule has 1 heterocycles. The Hall–Kier alpha value is -2.80. The van der Waals surface area contributed by atoms with Gasteiger partial charge in [-0.15, -0.1) is 0 Å². The normalized spacial score (nSPS) is 24.6. The number of allylic oxidation sites excluding steroid dienone is 1. The van der Waals surface area contributed by atoms with Crippen LogP contribution in [0.15, 0.2) is 84.9 Å². The maximum atomic E-state index is 4.51. The van der Waals surface area contributed by atoms with Crippen molar-refractivity contribution in [3.8, 4) is 0 Å². The van der Waals surface area contributed by atoms with Gasteiger partial charge in [-0.2, -0.15) is 0 Å². The molecule has 114 valence electrons. The molecule has 0 saturated heterocycles. The molecule has 25 heavy (non-hydrogen) atoms. The fourth-order valence-corrected chi connectivity index (χ4v) is 5.83. The summed E-state index contributed by atoms with van der Waals surface area (Å²) in [6, 6.07) is 26.9. The molecule has 0 bridgehead atoms. The third kappa shape index (κ3) is 1.19. The van der Waals surface area contributed by atoms with Gasteiger partial charge in [0.25, 0.3) is 0 Å². The summed E-state index contributed by atoms with van der Waals surface area (Å²) >= 11 is 0. The number of fused-ring (bicyclic) bond motifs is 9. The molecule has 1 saturated carbocycles. The molecule has 1 fully saturated rings. The average Bonchev–Trinajstić information content (AvgIpc) is 3.49. The van der Waals surface area contributed by atoms with Crippen molar-refractivity contribution in [2.45, 2.75) is 11.2 Å². The highest BCUT2D eigenvalue weighted by molar-refractivity contribution is 7.07. The predicted molar refractivity (Wildman–Crippen MR) is 106 cm³/mol. The Labute approximate surface area is 146 Å². The summed E-state index contributed by atoms with van der Waals surface area (Å²) in [5.41, 5.74) is 7.63. The van der Waals surface area contributed by atoms with E-state index in [-0.39, 0.29) is 5.31 Å². The third-order valence-corrected chi connectivity index (χ3v) is 6.91. The molecule has 0 aromatic heterocycles. The standard InChI is InChI=1S/C24H15B/c1-14-21-19-12-10-15-6-2-4-8-17(15)22(19)24(14,21)25-20-13-11-16-7-3-5-9-18(16)23(20)25/h2-13,21H,1H2. The molecule has 4 aromatic rings.